The maximum Gasteiger partial charge on any atom is 0.120 e. The van der Waals surface area contributed by atoms with Crippen molar-refractivity contribution < 1.29 is 4.74 Å². The van der Waals surface area contributed by atoms with E-state index in [0.717, 1.165) is 28.0 Å². The number of ether oxygens (including phenoxy) is 1. The molecule has 0 spiro atoms. The molecular formula is C16H15BrN2O. The van der Waals surface area contributed by atoms with E-state index in [-0.39, 0.29) is 0 Å². The number of hydrogen-bond acceptors (Lipinski definition) is 2. The van der Waals surface area contributed by atoms with Crippen molar-refractivity contribution in [3.05, 3.63) is 59.2 Å². The van der Waals surface area contributed by atoms with Crippen molar-refractivity contribution in [2.24, 2.45) is 0 Å². The zero-order chi connectivity index (χ0) is 13.9. The van der Waals surface area contributed by atoms with Gasteiger partial charge in [0.1, 0.15) is 12.4 Å². The highest BCUT2D eigenvalue weighted by Crippen LogP contribution is 2.20. The average Bonchev–Trinajstić information content (AvgIpc) is 2.82. The van der Waals surface area contributed by atoms with E-state index in [1.807, 2.05) is 42.5 Å². The molecule has 0 unspecified atom stereocenters. The molecule has 0 saturated carbocycles. The molecule has 0 bridgehead atoms. The minimum absolute atomic E-state index is 0.620. The minimum atomic E-state index is 0.620. The number of nitrogens with two attached hydrogens (primary N) is 1. The van der Waals surface area contributed by atoms with Crippen molar-refractivity contribution in [2.45, 2.75) is 6.54 Å². The highest BCUT2D eigenvalue weighted by Gasteiger charge is 2.02. The van der Waals surface area contributed by atoms with Gasteiger partial charge in [-0.2, -0.15) is 0 Å². The third-order valence-corrected chi connectivity index (χ3v) is 3.69. The fourth-order valence-corrected chi connectivity index (χ4v) is 2.59. The first kappa shape index (κ1) is 13.1. The number of benzene rings is 2. The number of rotatable bonds is 4. The highest BCUT2D eigenvalue weighted by atomic mass is 79.9. The van der Waals surface area contributed by atoms with Gasteiger partial charge in [-0.15, -0.1) is 0 Å². The molecule has 2 aromatic carbocycles. The Morgan fingerprint density at radius 3 is 2.85 bits per heavy atom. The second-order valence-corrected chi connectivity index (χ2v) is 5.55. The molecule has 0 radical (unpaired) electrons. The van der Waals surface area contributed by atoms with Gasteiger partial charge in [0, 0.05) is 16.4 Å². The molecule has 0 saturated heterocycles. The van der Waals surface area contributed by atoms with Crippen LogP contribution in [0.2, 0.25) is 0 Å². The van der Waals surface area contributed by atoms with Crippen LogP contribution in [0.3, 0.4) is 0 Å². The number of halogens is 1. The molecule has 3 nitrogen and oxygen atoms in total. The molecule has 1 aromatic heterocycles. The Bertz CT molecular complexity index is 736. The van der Waals surface area contributed by atoms with Crippen LogP contribution in [-0.4, -0.2) is 11.2 Å². The first-order valence-electron chi connectivity index (χ1n) is 6.45. The minimum Gasteiger partial charge on any atom is -0.492 e. The van der Waals surface area contributed by atoms with E-state index < -0.39 is 0 Å². The molecule has 0 amide bonds. The Hall–Kier alpha value is -1.94. The van der Waals surface area contributed by atoms with Gasteiger partial charge in [-0.1, -0.05) is 28.1 Å². The van der Waals surface area contributed by atoms with Crippen LogP contribution in [0.5, 0.6) is 5.75 Å². The van der Waals surface area contributed by atoms with E-state index in [4.69, 9.17) is 10.5 Å². The number of hydrogen-bond donors (Lipinski definition) is 1. The van der Waals surface area contributed by atoms with Crippen molar-refractivity contribution in [2.75, 3.05) is 12.3 Å². The van der Waals surface area contributed by atoms with Crippen molar-refractivity contribution in [1.82, 2.24) is 4.57 Å². The molecule has 0 aliphatic carbocycles. The number of nitrogen functional groups attached to an aromatic ring is 1. The maximum atomic E-state index is 5.84. The van der Waals surface area contributed by atoms with E-state index in [1.54, 1.807) is 0 Å². The molecular weight excluding hydrogens is 316 g/mol. The van der Waals surface area contributed by atoms with Gasteiger partial charge in [0.2, 0.25) is 0 Å². The predicted molar refractivity (Wildman–Crippen MR) is 86.0 cm³/mol. The Kier molecular flexibility index (Phi) is 3.65. The Morgan fingerprint density at radius 1 is 1.10 bits per heavy atom. The van der Waals surface area contributed by atoms with Crippen LogP contribution in [0, 0.1) is 0 Å². The smallest absolute Gasteiger partial charge is 0.120 e. The lowest BCUT2D eigenvalue weighted by atomic mass is 10.2. The zero-order valence-corrected chi connectivity index (χ0v) is 12.5. The molecule has 3 aromatic rings. The van der Waals surface area contributed by atoms with Crippen LogP contribution in [0.1, 0.15) is 0 Å². The van der Waals surface area contributed by atoms with Gasteiger partial charge in [-0.3, -0.25) is 0 Å². The van der Waals surface area contributed by atoms with Crippen molar-refractivity contribution in [3.8, 4) is 5.75 Å². The summed E-state index contributed by atoms with van der Waals surface area (Å²) in [6.45, 7) is 1.41. The molecule has 2 N–H and O–H groups in total. The third kappa shape index (κ3) is 2.80. The van der Waals surface area contributed by atoms with Crippen LogP contribution in [0.15, 0.2) is 59.2 Å². The molecule has 1 heterocycles. The number of fused-ring (bicyclic) bond motifs is 1. The first-order chi connectivity index (χ1) is 9.72. The van der Waals surface area contributed by atoms with Crippen LogP contribution in [0.25, 0.3) is 10.9 Å². The Labute approximate surface area is 126 Å². The van der Waals surface area contributed by atoms with Crippen LogP contribution >= 0.6 is 15.9 Å². The second-order valence-electron chi connectivity index (χ2n) is 4.63. The summed E-state index contributed by atoms with van der Waals surface area (Å²) in [5.74, 6) is 0.871. The van der Waals surface area contributed by atoms with Gasteiger partial charge in [0.15, 0.2) is 0 Å². The molecule has 0 fully saturated rings. The van der Waals surface area contributed by atoms with Gasteiger partial charge >= 0.3 is 0 Å². The third-order valence-electron chi connectivity index (χ3n) is 3.19. The summed E-state index contributed by atoms with van der Waals surface area (Å²) in [6, 6.07) is 15.9. The Balaban J connectivity index is 1.69. The predicted octanol–water partition coefficient (Wildman–Crippen LogP) is 4.07. The van der Waals surface area contributed by atoms with Crippen LogP contribution < -0.4 is 10.5 Å². The fourth-order valence-electron chi connectivity index (χ4n) is 2.21. The SMILES string of the molecule is Nc1ccc2ccn(CCOc3cccc(Br)c3)c2c1. The summed E-state index contributed by atoms with van der Waals surface area (Å²) in [5, 5.41) is 1.20. The number of anilines is 1. The first-order valence-corrected chi connectivity index (χ1v) is 7.24. The number of nitrogens with zero attached hydrogens (tertiary/aromatic N) is 1. The van der Waals surface area contributed by atoms with Crippen molar-refractivity contribution in [1.29, 1.82) is 0 Å². The molecule has 0 aliphatic heterocycles. The molecule has 0 atom stereocenters. The van der Waals surface area contributed by atoms with Crippen molar-refractivity contribution >= 4 is 32.5 Å². The monoisotopic (exact) mass is 330 g/mol. The molecule has 20 heavy (non-hydrogen) atoms. The standard InChI is InChI=1S/C16H15BrN2O/c17-13-2-1-3-15(10-13)20-9-8-19-7-6-12-4-5-14(18)11-16(12)19/h1-7,10-11H,8-9,18H2. The molecule has 4 heteroatoms. The summed E-state index contributed by atoms with van der Waals surface area (Å²) >= 11 is 3.43. The molecule has 102 valence electrons. The topological polar surface area (TPSA) is 40.2 Å². The maximum absolute atomic E-state index is 5.84. The van der Waals surface area contributed by atoms with Crippen LogP contribution in [-0.2, 0) is 6.54 Å². The second kappa shape index (κ2) is 5.59. The lowest BCUT2D eigenvalue weighted by molar-refractivity contribution is 0.300. The zero-order valence-electron chi connectivity index (χ0n) is 10.9. The highest BCUT2D eigenvalue weighted by molar-refractivity contribution is 9.10. The van der Waals surface area contributed by atoms with E-state index >= 15 is 0 Å². The summed E-state index contributed by atoms with van der Waals surface area (Å²) in [5.41, 5.74) is 7.76. The summed E-state index contributed by atoms with van der Waals surface area (Å²) in [6.07, 6.45) is 2.06. The average molecular weight is 331 g/mol. The summed E-state index contributed by atoms with van der Waals surface area (Å²) < 4.78 is 8.94. The summed E-state index contributed by atoms with van der Waals surface area (Å²) in [7, 11) is 0. The van der Waals surface area contributed by atoms with Crippen molar-refractivity contribution in [3.63, 3.8) is 0 Å². The molecule has 3 rings (SSSR count). The van der Waals surface area contributed by atoms with Gasteiger partial charge in [-0.05, 0) is 41.8 Å². The normalized spacial score (nSPS) is 10.8. The van der Waals surface area contributed by atoms with E-state index in [1.165, 1.54) is 5.39 Å². The lowest BCUT2D eigenvalue weighted by Gasteiger charge is -2.09. The fraction of sp³-hybridized carbons (Fsp3) is 0.125. The van der Waals surface area contributed by atoms with E-state index in [9.17, 15) is 0 Å². The van der Waals surface area contributed by atoms with E-state index in [0.29, 0.717) is 6.61 Å². The largest absolute Gasteiger partial charge is 0.492 e. The quantitative estimate of drug-likeness (QED) is 0.732. The summed E-state index contributed by atoms with van der Waals surface area (Å²) in [4.78, 5) is 0. The van der Waals surface area contributed by atoms with Gasteiger partial charge in [-0.25, -0.2) is 0 Å². The van der Waals surface area contributed by atoms with E-state index in [2.05, 4.69) is 32.8 Å². The van der Waals surface area contributed by atoms with Gasteiger partial charge in [0.05, 0.1) is 12.1 Å². The Morgan fingerprint density at radius 2 is 2.00 bits per heavy atom. The van der Waals surface area contributed by atoms with Crippen LogP contribution in [0.4, 0.5) is 5.69 Å². The lowest BCUT2D eigenvalue weighted by Crippen LogP contribution is -2.07. The molecule has 0 aliphatic rings. The van der Waals surface area contributed by atoms with Gasteiger partial charge in [0.25, 0.3) is 0 Å². The number of aromatic nitrogens is 1. The van der Waals surface area contributed by atoms with Gasteiger partial charge < -0.3 is 15.0 Å².